The lowest BCUT2D eigenvalue weighted by atomic mass is 10.1. The van der Waals surface area contributed by atoms with Gasteiger partial charge >= 0.3 is 0 Å². The van der Waals surface area contributed by atoms with Crippen molar-refractivity contribution in [2.24, 2.45) is 0 Å². The van der Waals surface area contributed by atoms with Gasteiger partial charge in [-0.25, -0.2) is 14.4 Å². The predicted molar refractivity (Wildman–Crippen MR) is 59.0 cm³/mol. The van der Waals surface area contributed by atoms with Gasteiger partial charge in [-0.2, -0.15) is 0 Å². The molecule has 0 unspecified atom stereocenters. The molecule has 3 nitrogen and oxygen atoms in total. The molecule has 1 aromatic carbocycles. The van der Waals surface area contributed by atoms with Gasteiger partial charge in [-0.15, -0.1) is 0 Å². The van der Waals surface area contributed by atoms with Crippen LogP contribution in [0.4, 0.5) is 4.39 Å². The van der Waals surface area contributed by atoms with Gasteiger partial charge in [0.25, 0.3) is 0 Å². The zero-order valence-electron chi connectivity index (χ0n) is 8.45. The van der Waals surface area contributed by atoms with Crippen LogP contribution in [0.1, 0.15) is 0 Å². The molecule has 0 bridgehead atoms. The molecule has 2 rings (SSSR count). The van der Waals surface area contributed by atoms with Crippen LogP contribution in [0.2, 0.25) is 5.15 Å². The van der Waals surface area contributed by atoms with Gasteiger partial charge in [0.05, 0.1) is 12.8 Å². The quantitative estimate of drug-likeness (QED) is 0.755. The highest BCUT2D eigenvalue weighted by molar-refractivity contribution is 6.29. The molecule has 0 aliphatic heterocycles. The van der Waals surface area contributed by atoms with Crippen molar-refractivity contribution in [1.82, 2.24) is 9.97 Å². The first kappa shape index (κ1) is 10.8. The Morgan fingerprint density at radius 1 is 1.25 bits per heavy atom. The minimum atomic E-state index is -0.435. The second kappa shape index (κ2) is 4.45. The molecule has 82 valence electrons. The lowest BCUT2D eigenvalue weighted by Gasteiger charge is -2.04. The molecular weight excluding hydrogens is 231 g/mol. The van der Waals surface area contributed by atoms with Crippen LogP contribution in [0.25, 0.3) is 11.3 Å². The molecular formula is C11H8ClFN2O. The molecule has 1 aromatic heterocycles. The van der Waals surface area contributed by atoms with Gasteiger partial charge in [-0.1, -0.05) is 11.6 Å². The lowest BCUT2D eigenvalue weighted by Crippen LogP contribution is -1.90. The Hall–Kier alpha value is -1.68. The fraction of sp³-hybridized carbons (Fsp3) is 0.0909. The van der Waals surface area contributed by atoms with Gasteiger partial charge < -0.3 is 4.74 Å². The number of rotatable bonds is 2. The van der Waals surface area contributed by atoms with E-state index in [2.05, 4.69) is 9.97 Å². The van der Waals surface area contributed by atoms with Crippen molar-refractivity contribution in [3.8, 4) is 17.0 Å². The molecule has 0 amide bonds. The highest BCUT2D eigenvalue weighted by atomic mass is 35.5. The summed E-state index contributed by atoms with van der Waals surface area (Å²) in [7, 11) is 1.42. The van der Waals surface area contributed by atoms with Crippen LogP contribution >= 0.6 is 11.6 Å². The van der Waals surface area contributed by atoms with E-state index in [9.17, 15) is 4.39 Å². The van der Waals surface area contributed by atoms with Crippen LogP contribution in [0.3, 0.4) is 0 Å². The molecule has 5 heteroatoms. The van der Waals surface area contributed by atoms with Crippen LogP contribution in [-0.2, 0) is 0 Å². The van der Waals surface area contributed by atoms with Gasteiger partial charge in [-0.3, -0.25) is 0 Å². The van der Waals surface area contributed by atoms with Crippen molar-refractivity contribution in [2.75, 3.05) is 7.11 Å². The number of benzene rings is 1. The van der Waals surface area contributed by atoms with Crippen LogP contribution in [0, 0.1) is 5.82 Å². The number of ether oxygens (including phenoxy) is 1. The molecule has 0 saturated heterocycles. The van der Waals surface area contributed by atoms with E-state index in [1.54, 1.807) is 18.2 Å². The molecule has 0 saturated carbocycles. The number of nitrogens with zero attached hydrogens (tertiary/aromatic N) is 2. The summed E-state index contributed by atoms with van der Waals surface area (Å²) in [6, 6.07) is 6.17. The molecule has 0 radical (unpaired) electrons. The summed E-state index contributed by atoms with van der Waals surface area (Å²) in [5, 5.41) is 0.321. The summed E-state index contributed by atoms with van der Waals surface area (Å²) in [5.74, 6) is -0.237. The van der Waals surface area contributed by atoms with E-state index in [-0.39, 0.29) is 5.75 Å². The van der Waals surface area contributed by atoms with Crippen molar-refractivity contribution in [2.45, 2.75) is 0 Å². The average Bonchev–Trinajstić information content (AvgIpc) is 2.29. The highest BCUT2D eigenvalue weighted by Crippen LogP contribution is 2.24. The zero-order chi connectivity index (χ0) is 11.5. The monoisotopic (exact) mass is 238 g/mol. The molecule has 0 N–H and O–H groups in total. The van der Waals surface area contributed by atoms with E-state index in [0.717, 1.165) is 0 Å². The van der Waals surface area contributed by atoms with Crippen LogP contribution in [-0.4, -0.2) is 17.1 Å². The standard InChI is InChI=1S/C11H8ClFN2O/c1-16-10-3-2-7(4-8(10)13)9-5-11(12)15-6-14-9/h2-6H,1H3. The first-order valence-electron chi connectivity index (χ1n) is 4.52. The molecule has 0 aliphatic rings. The van der Waals surface area contributed by atoms with Crippen LogP contribution in [0.15, 0.2) is 30.6 Å². The largest absolute Gasteiger partial charge is 0.494 e. The Labute approximate surface area is 96.9 Å². The maximum Gasteiger partial charge on any atom is 0.165 e. The second-order valence-electron chi connectivity index (χ2n) is 3.08. The SMILES string of the molecule is COc1ccc(-c2cc(Cl)ncn2)cc1F. The summed E-state index contributed by atoms with van der Waals surface area (Å²) in [6.45, 7) is 0. The topological polar surface area (TPSA) is 35.0 Å². The van der Waals surface area contributed by atoms with E-state index >= 15 is 0 Å². The number of halogens is 2. The van der Waals surface area contributed by atoms with E-state index in [1.807, 2.05) is 0 Å². The lowest BCUT2D eigenvalue weighted by molar-refractivity contribution is 0.386. The maximum absolute atomic E-state index is 13.4. The van der Waals surface area contributed by atoms with Gasteiger partial charge in [0, 0.05) is 11.6 Å². The summed E-state index contributed by atoms with van der Waals surface area (Å²) in [4.78, 5) is 7.76. The maximum atomic E-state index is 13.4. The van der Waals surface area contributed by atoms with Gasteiger partial charge in [0.1, 0.15) is 11.5 Å². The van der Waals surface area contributed by atoms with Crippen LogP contribution in [0.5, 0.6) is 5.75 Å². The van der Waals surface area contributed by atoms with Crippen molar-refractivity contribution < 1.29 is 9.13 Å². The van der Waals surface area contributed by atoms with Crippen molar-refractivity contribution in [3.05, 3.63) is 41.6 Å². The molecule has 2 aromatic rings. The Balaban J connectivity index is 2.45. The van der Waals surface area contributed by atoms with Gasteiger partial charge in [0.15, 0.2) is 11.6 Å². The van der Waals surface area contributed by atoms with Gasteiger partial charge in [-0.05, 0) is 18.2 Å². The van der Waals surface area contributed by atoms with E-state index in [0.29, 0.717) is 16.4 Å². The first-order chi connectivity index (χ1) is 7.70. The smallest absolute Gasteiger partial charge is 0.165 e. The summed E-state index contributed by atoms with van der Waals surface area (Å²) < 4.78 is 18.3. The first-order valence-corrected chi connectivity index (χ1v) is 4.90. The number of hydrogen-bond donors (Lipinski definition) is 0. The molecule has 1 heterocycles. The Morgan fingerprint density at radius 2 is 2.06 bits per heavy atom. The number of hydrogen-bond acceptors (Lipinski definition) is 3. The van der Waals surface area contributed by atoms with E-state index in [4.69, 9.17) is 16.3 Å². The van der Waals surface area contributed by atoms with Crippen LogP contribution < -0.4 is 4.74 Å². The molecule has 0 spiro atoms. The molecule has 0 fully saturated rings. The third-order valence-corrected chi connectivity index (χ3v) is 2.29. The summed E-state index contributed by atoms with van der Waals surface area (Å²) >= 11 is 5.72. The number of aromatic nitrogens is 2. The fourth-order valence-corrected chi connectivity index (χ4v) is 1.46. The molecule has 0 atom stereocenters. The minimum Gasteiger partial charge on any atom is -0.494 e. The van der Waals surface area contributed by atoms with Crippen molar-refractivity contribution >= 4 is 11.6 Å². The molecule has 16 heavy (non-hydrogen) atoms. The normalized spacial score (nSPS) is 10.2. The van der Waals surface area contributed by atoms with E-state index in [1.165, 1.54) is 19.5 Å². The minimum absolute atomic E-state index is 0.198. The second-order valence-corrected chi connectivity index (χ2v) is 3.46. The number of methoxy groups -OCH3 is 1. The summed E-state index contributed by atoms with van der Waals surface area (Å²) in [5.41, 5.74) is 1.20. The van der Waals surface area contributed by atoms with Crippen molar-refractivity contribution in [3.63, 3.8) is 0 Å². The highest BCUT2D eigenvalue weighted by Gasteiger charge is 2.06. The zero-order valence-corrected chi connectivity index (χ0v) is 9.20. The van der Waals surface area contributed by atoms with Crippen molar-refractivity contribution in [1.29, 1.82) is 0 Å². The molecule has 0 aliphatic carbocycles. The fourth-order valence-electron chi connectivity index (χ4n) is 1.32. The Morgan fingerprint density at radius 3 is 2.69 bits per heavy atom. The van der Waals surface area contributed by atoms with E-state index < -0.39 is 5.82 Å². The Bertz CT molecular complexity index is 519. The third kappa shape index (κ3) is 2.12. The van der Waals surface area contributed by atoms with Gasteiger partial charge in [0.2, 0.25) is 0 Å². The predicted octanol–water partition coefficient (Wildman–Crippen LogP) is 2.94. The third-order valence-electron chi connectivity index (χ3n) is 2.08. The summed E-state index contributed by atoms with van der Waals surface area (Å²) in [6.07, 6.45) is 1.33. The Kier molecular flexibility index (Phi) is 3.01. The average molecular weight is 239 g/mol.